The van der Waals surface area contributed by atoms with E-state index in [2.05, 4.69) is 46.6 Å². The topological polar surface area (TPSA) is 42.7 Å². The van der Waals surface area contributed by atoms with Gasteiger partial charge in [-0.25, -0.2) is 0 Å². The number of para-hydroxylation sites is 1. The molecule has 1 aromatic carbocycles. The highest BCUT2D eigenvalue weighted by molar-refractivity contribution is 5.82. The number of hydrogen-bond acceptors (Lipinski definition) is 3. The van der Waals surface area contributed by atoms with Gasteiger partial charge in [0.05, 0.1) is 17.3 Å². The Morgan fingerprint density at radius 2 is 2.05 bits per heavy atom. The summed E-state index contributed by atoms with van der Waals surface area (Å²) in [7, 11) is 1.94. The van der Waals surface area contributed by atoms with Crippen molar-refractivity contribution in [3.05, 3.63) is 60.0 Å². The second-order valence-electron chi connectivity index (χ2n) is 4.82. The monoisotopic (exact) mass is 266 g/mol. The zero-order chi connectivity index (χ0) is 13.9. The van der Waals surface area contributed by atoms with Crippen LogP contribution in [0.3, 0.4) is 0 Å². The Bertz CT molecular complexity index is 712. The lowest BCUT2D eigenvalue weighted by atomic mass is 9.99. The smallest absolute Gasteiger partial charge is 0.0839 e. The van der Waals surface area contributed by atoms with Gasteiger partial charge in [-0.1, -0.05) is 25.1 Å². The highest BCUT2D eigenvalue weighted by Gasteiger charge is 2.18. The molecule has 0 bridgehead atoms. The minimum absolute atomic E-state index is 0.0918. The molecule has 4 nitrogen and oxygen atoms in total. The number of rotatable bonds is 4. The predicted octanol–water partition coefficient (Wildman–Crippen LogP) is 2.67. The van der Waals surface area contributed by atoms with Crippen LogP contribution in [0.15, 0.2) is 48.8 Å². The lowest BCUT2D eigenvalue weighted by molar-refractivity contribution is 0.602. The maximum Gasteiger partial charge on any atom is 0.0839 e. The van der Waals surface area contributed by atoms with Crippen molar-refractivity contribution < 1.29 is 0 Å². The van der Waals surface area contributed by atoms with E-state index in [0.29, 0.717) is 0 Å². The van der Waals surface area contributed by atoms with Gasteiger partial charge in [-0.15, -0.1) is 0 Å². The Morgan fingerprint density at radius 1 is 1.20 bits per heavy atom. The second kappa shape index (κ2) is 5.43. The molecule has 0 aliphatic carbocycles. The summed E-state index contributed by atoms with van der Waals surface area (Å²) in [5.41, 5.74) is 3.27. The van der Waals surface area contributed by atoms with Gasteiger partial charge < -0.3 is 5.32 Å². The quantitative estimate of drug-likeness (QED) is 0.789. The largest absolute Gasteiger partial charge is 0.305 e. The van der Waals surface area contributed by atoms with Crippen LogP contribution in [-0.2, 0) is 7.05 Å². The Balaban J connectivity index is 2.14. The van der Waals surface area contributed by atoms with Crippen molar-refractivity contribution >= 4 is 10.9 Å². The first kappa shape index (κ1) is 12.8. The van der Waals surface area contributed by atoms with Gasteiger partial charge in [0.1, 0.15) is 0 Å². The number of nitrogens with one attached hydrogen (secondary N) is 1. The first-order chi connectivity index (χ1) is 9.79. The van der Waals surface area contributed by atoms with Crippen LogP contribution in [0.2, 0.25) is 0 Å². The minimum Gasteiger partial charge on any atom is -0.305 e. The van der Waals surface area contributed by atoms with E-state index in [1.807, 2.05) is 36.3 Å². The Labute approximate surface area is 118 Å². The first-order valence-electron chi connectivity index (χ1n) is 6.86. The summed E-state index contributed by atoms with van der Waals surface area (Å²) in [6.07, 6.45) is 3.84. The van der Waals surface area contributed by atoms with E-state index in [4.69, 9.17) is 0 Å². The number of aryl methyl sites for hydroxylation is 1. The normalized spacial score (nSPS) is 12.7. The number of pyridine rings is 1. The lowest BCUT2D eigenvalue weighted by Crippen LogP contribution is -2.23. The molecule has 3 rings (SSSR count). The standard InChI is InChI=1S/C16H18N4/c1-3-17-16(15-9-11-20(2)19-15)13-8-10-18-14-7-5-4-6-12(13)14/h4-11,16-17H,3H2,1-2H3. The fourth-order valence-corrected chi connectivity index (χ4v) is 2.53. The molecule has 0 amide bonds. The third-order valence-electron chi connectivity index (χ3n) is 3.43. The number of fused-ring (bicyclic) bond motifs is 1. The summed E-state index contributed by atoms with van der Waals surface area (Å²) in [5, 5.41) is 9.24. The molecule has 2 heterocycles. The van der Waals surface area contributed by atoms with Gasteiger partial charge in [0.2, 0.25) is 0 Å². The molecule has 20 heavy (non-hydrogen) atoms. The fourth-order valence-electron chi connectivity index (χ4n) is 2.53. The van der Waals surface area contributed by atoms with Crippen LogP contribution in [0.5, 0.6) is 0 Å². The van der Waals surface area contributed by atoms with Crippen LogP contribution >= 0.6 is 0 Å². The first-order valence-corrected chi connectivity index (χ1v) is 6.86. The van der Waals surface area contributed by atoms with Gasteiger partial charge >= 0.3 is 0 Å². The lowest BCUT2D eigenvalue weighted by Gasteiger charge is -2.18. The third kappa shape index (κ3) is 2.30. The Kier molecular flexibility index (Phi) is 3.48. The number of aromatic nitrogens is 3. The average Bonchev–Trinajstić information content (AvgIpc) is 2.91. The summed E-state index contributed by atoms with van der Waals surface area (Å²) in [6.45, 7) is 3.00. The molecule has 0 saturated carbocycles. The highest BCUT2D eigenvalue weighted by Crippen LogP contribution is 2.26. The van der Waals surface area contributed by atoms with E-state index < -0.39 is 0 Å². The molecule has 0 aliphatic heterocycles. The molecule has 1 atom stereocenters. The summed E-state index contributed by atoms with van der Waals surface area (Å²) >= 11 is 0. The van der Waals surface area contributed by atoms with Crippen molar-refractivity contribution in [1.82, 2.24) is 20.1 Å². The molecule has 2 aromatic heterocycles. The molecule has 0 aliphatic rings. The SMILES string of the molecule is CCNC(c1ccn(C)n1)c1ccnc2ccccc12. The number of hydrogen-bond donors (Lipinski definition) is 1. The van der Waals surface area contributed by atoms with Crippen molar-refractivity contribution in [3.8, 4) is 0 Å². The number of nitrogens with zero attached hydrogens (tertiary/aromatic N) is 3. The van der Waals surface area contributed by atoms with Gasteiger partial charge in [-0.05, 0) is 30.3 Å². The average molecular weight is 266 g/mol. The van der Waals surface area contributed by atoms with E-state index in [0.717, 1.165) is 17.8 Å². The van der Waals surface area contributed by atoms with Crippen molar-refractivity contribution in [3.63, 3.8) is 0 Å². The fraction of sp³-hybridized carbons (Fsp3) is 0.250. The van der Waals surface area contributed by atoms with Crippen LogP contribution < -0.4 is 5.32 Å². The van der Waals surface area contributed by atoms with Crippen molar-refractivity contribution in [2.75, 3.05) is 6.54 Å². The Morgan fingerprint density at radius 3 is 2.80 bits per heavy atom. The van der Waals surface area contributed by atoms with E-state index >= 15 is 0 Å². The van der Waals surface area contributed by atoms with Crippen LogP contribution in [0.1, 0.15) is 24.2 Å². The molecule has 4 heteroatoms. The molecule has 0 fully saturated rings. The van der Waals surface area contributed by atoms with Gasteiger partial charge in [0.25, 0.3) is 0 Å². The molecule has 0 spiro atoms. The van der Waals surface area contributed by atoms with Gasteiger partial charge in [0, 0.05) is 24.8 Å². The highest BCUT2D eigenvalue weighted by atomic mass is 15.3. The van der Waals surface area contributed by atoms with Gasteiger partial charge in [-0.2, -0.15) is 5.10 Å². The third-order valence-corrected chi connectivity index (χ3v) is 3.43. The van der Waals surface area contributed by atoms with Crippen LogP contribution in [-0.4, -0.2) is 21.3 Å². The summed E-state index contributed by atoms with van der Waals surface area (Å²) in [4.78, 5) is 4.43. The van der Waals surface area contributed by atoms with Gasteiger partial charge in [0.15, 0.2) is 0 Å². The predicted molar refractivity (Wildman–Crippen MR) is 80.5 cm³/mol. The summed E-state index contributed by atoms with van der Waals surface area (Å²) in [6, 6.07) is 12.4. The molecule has 102 valence electrons. The zero-order valence-corrected chi connectivity index (χ0v) is 11.7. The van der Waals surface area contributed by atoms with Crippen LogP contribution in [0.25, 0.3) is 10.9 Å². The van der Waals surface area contributed by atoms with E-state index in [-0.39, 0.29) is 6.04 Å². The molecule has 0 radical (unpaired) electrons. The molecule has 0 saturated heterocycles. The Hall–Kier alpha value is -2.20. The maximum absolute atomic E-state index is 4.55. The molecule has 1 N–H and O–H groups in total. The van der Waals surface area contributed by atoms with Crippen LogP contribution in [0, 0.1) is 0 Å². The zero-order valence-electron chi connectivity index (χ0n) is 11.7. The minimum atomic E-state index is 0.0918. The van der Waals surface area contributed by atoms with Crippen molar-refractivity contribution in [2.24, 2.45) is 7.05 Å². The van der Waals surface area contributed by atoms with E-state index in [1.54, 1.807) is 0 Å². The van der Waals surface area contributed by atoms with E-state index in [9.17, 15) is 0 Å². The summed E-state index contributed by atoms with van der Waals surface area (Å²) < 4.78 is 1.84. The molecule has 3 aromatic rings. The number of benzene rings is 1. The van der Waals surface area contributed by atoms with Crippen LogP contribution in [0.4, 0.5) is 0 Å². The van der Waals surface area contributed by atoms with Gasteiger partial charge in [-0.3, -0.25) is 9.67 Å². The van der Waals surface area contributed by atoms with Crippen molar-refractivity contribution in [1.29, 1.82) is 0 Å². The molecular formula is C16H18N4. The molecule has 1 unspecified atom stereocenters. The van der Waals surface area contributed by atoms with E-state index in [1.165, 1.54) is 10.9 Å². The van der Waals surface area contributed by atoms with Crippen molar-refractivity contribution in [2.45, 2.75) is 13.0 Å². The second-order valence-corrected chi connectivity index (χ2v) is 4.82. The molecular weight excluding hydrogens is 248 g/mol. The maximum atomic E-state index is 4.55. The summed E-state index contributed by atoms with van der Waals surface area (Å²) in [5.74, 6) is 0.